The molecule has 4 aromatic rings. The second-order valence-electron chi connectivity index (χ2n) is 7.83. The summed E-state index contributed by atoms with van der Waals surface area (Å²) in [5, 5.41) is 5.03. The Morgan fingerprint density at radius 1 is 1.00 bits per heavy atom. The second kappa shape index (κ2) is 7.34. The molecule has 150 valence electrons. The number of fused-ring (bicyclic) bond motifs is 3. The van der Waals surface area contributed by atoms with Gasteiger partial charge in [-0.1, -0.05) is 48.5 Å². The highest BCUT2D eigenvalue weighted by atomic mass is 16.3. The van der Waals surface area contributed by atoms with Crippen LogP contribution in [0.15, 0.2) is 77.2 Å². The molecule has 1 aliphatic heterocycles. The molecule has 5 rings (SSSR count). The third-order valence-electron chi connectivity index (χ3n) is 5.93. The van der Waals surface area contributed by atoms with Crippen molar-refractivity contribution in [2.75, 3.05) is 11.9 Å². The molecule has 0 radical (unpaired) electrons. The summed E-state index contributed by atoms with van der Waals surface area (Å²) in [6.07, 6.45) is 0.232. The number of furan rings is 1. The van der Waals surface area contributed by atoms with Crippen LogP contribution in [0.4, 0.5) is 5.69 Å². The minimum absolute atomic E-state index is 0.0132. The molecular weight excluding hydrogens is 376 g/mol. The number of hydrogen-bond acceptors (Lipinski definition) is 3. The molecule has 2 amide bonds. The number of carbonyl (C=O) groups excluding carboxylic acids is 2. The third-order valence-corrected chi connectivity index (χ3v) is 5.93. The molecule has 1 aliphatic rings. The molecule has 0 bridgehead atoms. The minimum Gasteiger partial charge on any atom is -0.456 e. The largest absolute Gasteiger partial charge is 0.456 e. The molecule has 1 saturated heterocycles. The summed E-state index contributed by atoms with van der Waals surface area (Å²) in [4.78, 5) is 27.2. The van der Waals surface area contributed by atoms with E-state index in [1.165, 1.54) is 0 Å². The number of benzene rings is 3. The van der Waals surface area contributed by atoms with Gasteiger partial charge in [-0.3, -0.25) is 9.59 Å². The van der Waals surface area contributed by atoms with Gasteiger partial charge in [0.1, 0.15) is 11.2 Å². The highest BCUT2D eigenvalue weighted by Gasteiger charge is 2.37. The summed E-state index contributed by atoms with van der Waals surface area (Å²) in [5.74, 6) is -0.490. The molecule has 5 nitrogen and oxygen atoms in total. The van der Waals surface area contributed by atoms with Crippen LogP contribution in [0.25, 0.3) is 21.9 Å². The Hall–Kier alpha value is -3.60. The van der Waals surface area contributed by atoms with Crippen LogP contribution < -0.4 is 5.32 Å². The lowest BCUT2D eigenvalue weighted by Gasteiger charge is -2.25. The molecule has 1 aromatic heterocycles. The number of carbonyl (C=O) groups is 2. The summed E-state index contributed by atoms with van der Waals surface area (Å²) < 4.78 is 5.90. The van der Waals surface area contributed by atoms with Crippen molar-refractivity contribution >= 4 is 39.4 Å². The van der Waals surface area contributed by atoms with Gasteiger partial charge in [0.2, 0.25) is 11.8 Å². The highest BCUT2D eigenvalue weighted by Crippen LogP contribution is 2.32. The number of hydrogen-bond donors (Lipinski definition) is 1. The molecule has 1 N–H and O–H groups in total. The first-order chi connectivity index (χ1) is 14.6. The molecule has 0 aliphatic carbocycles. The van der Waals surface area contributed by atoms with Crippen LogP contribution in [0.3, 0.4) is 0 Å². The number of para-hydroxylation sites is 1. The zero-order chi connectivity index (χ0) is 20.7. The zero-order valence-corrected chi connectivity index (χ0v) is 16.7. The first-order valence-corrected chi connectivity index (χ1v) is 10.2. The van der Waals surface area contributed by atoms with Crippen molar-refractivity contribution < 1.29 is 14.0 Å². The normalized spacial score (nSPS) is 17.6. The third kappa shape index (κ3) is 3.22. The van der Waals surface area contributed by atoms with E-state index in [2.05, 4.69) is 5.32 Å². The van der Waals surface area contributed by atoms with Crippen LogP contribution in [0.5, 0.6) is 0 Å². The van der Waals surface area contributed by atoms with Gasteiger partial charge in [-0.05, 0) is 30.7 Å². The van der Waals surface area contributed by atoms with E-state index in [1.54, 1.807) is 4.90 Å². The van der Waals surface area contributed by atoms with Crippen molar-refractivity contribution in [3.8, 4) is 0 Å². The van der Waals surface area contributed by atoms with E-state index in [0.717, 1.165) is 27.5 Å². The Morgan fingerprint density at radius 3 is 2.57 bits per heavy atom. The number of amides is 2. The lowest BCUT2D eigenvalue weighted by atomic mass is 10.1. The number of nitrogens with zero attached hydrogens (tertiary/aromatic N) is 1. The lowest BCUT2D eigenvalue weighted by Crippen LogP contribution is -2.30. The zero-order valence-electron chi connectivity index (χ0n) is 16.7. The fourth-order valence-corrected chi connectivity index (χ4v) is 4.24. The van der Waals surface area contributed by atoms with Crippen LogP contribution in [-0.2, 0) is 9.59 Å². The van der Waals surface area contributed by atoms with E-state index in [0.29, 0.717) is 12.2 Å². The Balaban J connectivity index is 1.32. The van der Waals surface area contributed by atoms with E-state index in [-0.39, 0.29) is 30.2 Å². The van der Waals surface area contributed by atoms with Gasteiger partial charge in [-0.15, -0.1) is 0 Å². The fourth-order valence-electron chi connectivity index (χ4n) is 4.24. The Bertz CT molecular complexity index is 1250. The van der Waals surface area contributed by atoms with Crippen molar-refractivity contribution in [2.45, 2.75) is 19.4 Å². The maximum atomic E-state index is 12.9. The van der Waals surface area contributed by atoms with Crippen LogP contribution in [0.2, 0.25) is 0 Å². The van der Waals surface area contributed by atoms with Crippen LogP contribution >= 0.6 is 0 Å². The first kappa shape index (κ1) is 18.4. The van der Waals surface area contributed by atoms with E-state index >= 15 is 0 Å². The molecule has 3 aromatic carbocycles. The predicted molar refractivity (Wildman–Crippen MR) is 117 cm³/mol. The quantitative estimate of drug-likeness (QED) is 0.518. The number of likely N-dealkylation sites (tertiary alicyclic amines) is 1. The smallest absolute Gasteiger partial charge is 0.229 e. The Labute approximate surface area is 174 Å². The monoisotopic (exact) mass is 398 g/mol. The molecular formula is C25H22N2O3. The van der Waals surface area contributed by atoms with Gasteiger partial charge < -0.3 is 14.6 Å². The Kier molecular flexibility index (Phi) is 4.51. The first-order valence-electron chi connectivity index (χ1n) is 10.2. The van der Waals surface area contributed by atoms with Crippen molar-refractivity contribution in [3.63, 3.8) is 0 Å². The van der Waals surface area contributed by atoms with Gasteiger partial charge >= 0.3 is 0 Å². The number of nitrogens with one attached hydrogen (secondary N) is 1. The van der Waals surface area contributed by atoms with Gasteiger partial charge in [0, 0.05) is 35.5 Å². The van der Waals surface area contributed by atoms with Crippen LogP contribution in [0.1, 0.15) is 24.9 Å². The predicted octanol–water partition coefficient (Wildman–Crippen LogP) is 5.13. The molecule has 0 saturated carbocycles. The van der Waals surface area contributed by atoms with E-state index in [4.69, 9.17) is 4.42 Å². The SMILES string of the molecule is C[C@@H](c1ccccc1)N1C[C@H](C(=O)Nc2ccc3c(c2)oc2ccccc23)CC1=O. The maximum Gasteiger partial charge on any atom is 0.229 e. The highest BCUT2D eigenvalue weighted by molar-refractivity contribution is 6.06. The average molecular weight is 398 g/mol. The van der Waals surface area contributed by atoms with Gasteiger partial charge in [0.05, 0.1) is 12.0 Å². The summed E-state index contributed by atoms with van der Waals surface area (Å²) in [6, 6.07) is 23.4. The molecule has 0 unspecified atom stereocenters. The van der Waals surface area contributed by atoms with Gasteiger partial charge in [0.15, 0.2) is 0 Å². The maximum absolute atomic E-state index is 12.9. The van der Waals surface area contributed by atoms with Crippen molar-refractivity contribution in [1.82, 2.24) is 4.90 Å². The second-order valence-corrected chi connectivity index (χ2v) is 7.83. The van der Waals surface area contributed by atoms with Crippen LogP contribution in [0, 0.1) is 5.92 Å². The standard InChI is InChI=1S/C25H22N2O3/c1-16(17-7-3-2-4-8-17)27-15-18(13-24(27)28)25(29)26-19-11-12-21-20-9-5-6-10-22(20)30-23(21)14-19/h2-12,14,16,18H,13,15H2,1H3,(H,26,29)/t16-,18+/m0/s1. The van der Waals surface area contributed by atoms with Crippen molar-refractivity contribution in [3.05, 3.63) is 78.4 Å². The molecule has 2 heterocycles. The van der Waals surface area contributed by atoms with Crippen molar-refractivity contribution in [2.24, 2.45) is 5.92 Å². The summed E-state index contributed by atoms with van der Waals surface area (Å²) in [7, 11) is 0. The van der Waals surface area contributed by atoms with E-state index in [1.807, 2.05) is 79.7 Å². The molecule has 30 heavy (non-hydrogen) atoms. The fraction of sp³-hybridized carbons (Fsp3) is 0.200. The number of rotatable bonds is 4. The molecule has 0 spiro atoms. The van der Waals surface area contributed by atoms with E-state index in [9.17, 15) is 9.59 Å². The van der Waals surface area contributed by atoms with Crippen LogP contribution in [-0.4, -0.2) is 23.3 Å². The topological polar surface area (TPSA) is 62.6 Å². The summed E-state index contributed by atoms with van der Waals surface area (Å²) in [6.45, 7) is 2.43. The van der Waals surface area contributed by atoms with Gasteiger partial charge in [-0.25, -0.2) is 0 Å². The minimum atomic E-state index is -0.366. The summed E-state index contributed by atoms with van der Waals surface area (Å²) in [5.41, 5.74) is 3.30. The van der Waals surface area contributed by atoms with Gasteiger partial charge in [-0.2, -0.15) is 0 Å². The van der Waals surface area contributed by atoms with Gasteiger partial charge in [0.25, 0.3) is 0 Å². The number of anilines is 1. The van der Waals surface area contributed by atoms with E-state index < -0.39 is 0 Å². The lowest BCUT2D eigenvalue weighted by molar-refractivity contribution is -0.129. The summed E-state index contributed by atoms with van der Waals surface area (Å²) >= 11 is 0. The van der Waals surface area contributed by atoms with Crippen molar-refractivity contribution in [1.29, 1.82) is 0 Å². The molecule has 2 atom stereocenters. The molecule has 5 heteroatoms. The molecule has 1 fully saturated rings. The average Bonchev–Trinajstić information content (AvgIpc) is 3.34. The Morgan fingerprint density at radius 2 is 1.73 bits per heavy atom.